The summed E-state index contributed by atoms with van der Waals surface area (Å²) in [6.07, 6.45) is 3.43. The average molecular weight is 220 g/mol. The fourth-order valence-electron chi connectivity index (χ4n) is 1.41. The van der Waals surface area contributed by atoms with Crippen LogP contribution in [0.2, 0.25) is 0 Å². The Morgan fingerprint density at radius 3 is 2.62 bits per heavy atom. The third-order valence-electron chi connectivity index (χ3n) is 2.28. The molecule has 0 N–H and O–H groups in total. The molecule has 0 unspecified atom stereocenters. The molecule has 1 aliphatic carbocycles. The van der Waals surface area contributed by atoms with Gasteiger partial charge in [-0.05, 0) is 44.9 Å². The maximum absolute atomic E-state index is 10.7. The van der Waals surface area contributed by atoms with Crippen molar-refractivity contribution in [1.82, 2.24) is 0 Å². The van der Waals surface area contributed by atoms with Gasteiger partial charge in [-0.2, -0.15) is 0 Å². The molecule has 86 valence electrons. The molecule has 1 aromatic carbocycles. The Bertz CT molecular complexity index is 381. The maximum Gasteiger partial charge on any atom is 0.162 e. The van der Waals surface area contributed by atoms with Crippen LogP contribution in [0.4, 0.5) is 0 Å². The van der Waals surface area contributed by atoms with Gasteiger partial charge in [-0.25, -0.2) is 0 Å². The Kier molecular flexibility index (Phi) is 3.13. The summed E-state index contributed by atoms with van der Waals surface area (Å²) < 4.78 is 11.3. The minimum Gasteiger partial charge on any atom is -0.487 e. The monoisotopic (exact) mass is 220 g/mol. The Hall–Kier alpha value is -1.51. The fraction of sp³-hybridized carbons (Fsp3) is 0.462. The Labute approximate surface area is 95.4 Å². The third-order valence-corrected chi connectivity index (χ3v) is 2.28. The van der Waals surface area contributed by atoms with Crippen LogP contribution in [0.5, 0.6) is 11.5 Å². The van der Waals surface area contributed by atoms with Crippen LogP contribution in [-0.4, -0.2) is 18.5 Å². The molecule has 3 nitrogen and oxygen atoms in total. The summed E-state index contributed by atoms with van der Waals surface area (Å²) in [6.45, 7) is 3.91. The van der Waals surface area contributed by atoms with Crippen molar-refractivity contribution in [2.45, 2.75) is 38.9 Å². The van der Waals surface area contributed by atoms with E-state index in [0.29, 0.717) is 17.4 Å². The molecule has 2 rings (SSSR count). The minimum atomic E-state index is 0.0726. The largest absolute Gasteiger partial charge is 0.487 e. The highest BCUT2D eigenvalue weighted by atomic mass is 16.5. The average Bonchev–Trinajstić information content (AvgIpc) is 3.03. The highest BCUT2D eigenvalue weighted by Gasteiger charge is 2.25. The number of aldehydes is 1. The van der Waals surface area contributed by atoms with E-state index in [0.717, 1.165) is 24.9 Å². The van der Waals surface area contributed by atoms with Crippen molar-refractivity contribution in [3.8, 4) is 11.5 Å². The predicted molar refractivity (Wildman–Crippen MR) is 61.2 cm³/mol. The molecular formula is C13H16O3. The topological polar surface area (TPSA) is 35.5 Å². The van der Waals surface area contributed by atoms with Crippen molar-refractivity contribution in [3.63, 3.8) is 0 Å². The van der Waals surface area contributed by atoms with Crippen LogP contribution in [0.15, 0.2) is 18.2 Å². The van der Waals surface area contributed by atoms with Gasteiger partial charge in [0, 0.05) is 5.56 Å². The summed E-state index contributed by atoms with van der Waals surface area (Å²) in [7, 11) is 0. The standard InChI is InChI=1S/C13H16O3/c1-9(2)15-13-7-10(8-14)3-6-12(13)16-11-4-5-11/h3,6-9,11H,4-5H2,1-2H3. The van der Waals surface area contributed by atoms with Crippen LogP contribution in [0.3, 0.4) is 0 Å². The van der Waals surface area contributed by atoms with Crippen molar-refractivity contribution < 1.29 is 14.3 Å². The Balaban J connectivity index is 2.22. The number of carbonyl (C=O) groups excluding carboxylic acids is 1. The second-order valence-corrected chi connectivity index (χ2v) is 4.31. The Morgan fingerprint density at radius 2 is 2.06 bits per heavy atom. The second kappa shape index (κ2) is 4.56. The van der Waals surface area contributed by atoms with E-state index in [-0.39, 0.29) is 6.10 Å². The molecule has 16 heavy (non-hydrogen) atoms. The van der Waals surface area contributed by atoms with Crippen molar-refractivity contribution in [2.24, 2.45) is 0 Å². The van der Waals surface area contributed by atoms with Gasteiger partial charge in [0.05, 0.1) is 12.2 Å². The summed E-state index contributed by atoms with van der Waals surface area (Å²) in [4.78, 5) is 10.7. The predicted octanol–water partition coefficient (Wildman–Crippen LogP) is 2.83. The first kappa shape index (κ1) is 11.0. The van der Waals surface area contributed by atoms with E-state index in [1.54, 1.807) is 18.2 Å². The number of hydrogen-bond acceptors (Lipinski definition) is 3. The molecule has 0 aliphatic heterocycles. The van der Waals surface area contributed by atoms with Gasteiger partial charge in [-0.1, -0.05) is 0 Å². The number of hydrogen-bond donors (Lipinski definition) is 0. The van der Waals surface area contributed by atoms with Crippen LogP contribution in [-0.2, 0) is 0 Å². The van der Waals surface area contributed by atoms with E-state index in [1.165, 1.54) is 0 Å². The van der Waals surface area contributed by atoms with E-state index >= 15 is 0 Å². The molecule has 0 atom stereocenters. The van der Waals surface area contributed by atoms with E-state index in [9.17, 15) is 4.79 Å². The lowest BCUT2D eigenvalue weighted by molar-refractivity contribution is 0.112. The number of carbonyl (C=O) groups is 1. The first-order valence-corrected chi connectivity index (χ1v) is 5.61. The molecule has 1 aromatic rings. The van der Waals surface area contributed by atoms with Gasteiger partial charge in [0.2, 0.25) is 0 Å². The fourth-order valence-corrected chi connectivity index (χ4v) is 1.41. The molecule has 1 saturated carbocycles. The summed E-state index contributed by atoms with van der Waals surface area (Å²) in [5, 5.41) is 0. The quantitative estimate of drug-likeness (QED) is 0.716. The van der Waals surface area contributed by atoms with E-state index in [1.807, 2.05) is 13.8 Å². The first-order valence-electron chi connectivity index (χ1n) is 5.61. The van der Waals surface area contributed by atoms with Crippen molar-refractivity contribution in [1.29, 1.82) is 0 Å². The van der Waals surface area contributed by atoms with Gasteiger partial charge in [0.1, 0.15) is 6.29 Å². The molecule has 0 heterocycles. The molecule has 0 saturated heterocycles. The van der Waals surface area contributed by atoms with Crippen LogP contribution >= 0.6 is 0 Å². The summed E-state index contributed by atoms with van der Waals surface area (Å²) in [5.74, 6) is 1.40. The molecule has 0 aromatic heterocycles. The summed E-state index contributed by atoms with van der Waals surface area (Å²) >= 11 is 0. The summed E-state index contributed by atoms with van der Waals surface area (Å²) in [5.41, 5.74) is 0.610. The highest BCUT2D eigenvalue weighted by Crippen LogP contribution is 2.34. The molecule has 0 radical (unpaired) electrons. The molecule has 0 amide bonds. The lowest BCUT2D eigenvalue weighted by atomic mass is 10.2. The second-order valence-electron chi connectivity index (χ2n) is 4.31. The smallest absolute Gasteiger partial charge is 0.162 e. The molecule has 0 bridgehead atoms. The lowest BCUT2D eigenvalue weighted by Crippen LogP contribution is -2.08. The van der Waals surface area contributed by atoms with Crippen LogP contribution in [0, 0.1) is 0 Å². The maximum atomic E-state index is 10.7. The van der Waals surface area contributed by atoms with Crippen LogP contribution in [0.1, 0.15) is 37.0 Å². The van der Waals surface area contributed by atoms with Gasteiger partial charge < -0.3 is 9.47 Å². The van der Waals surface area contributed by atoms with Gasteiger partial charge in [-0.3, -0.25) is 4.79 Å². The number of ether oxygens (including phenoxy) is 2. The zero-order valence-electron chi connectivity index (χ0n) is 9.60. The summed E-state index contributed by atoms with van der Waals surface area (Å²) in [6, 6.07) is 5.28. The lowest BCUT2D eigenvalue weighted by Gasteiger charge is -2.15. The Morgan fingerprint density at radius 1 is 1.31 bits per heavy atom. The molecule has 1 fully saturated rings. The van der Waals surface area contributed by atoms with E-state index in [4.69, 9.17) is 9.47 Å². The van der Waals surface area contributed by atoms with Gasteiger partial charge in [0.25, 0.3) is 0 Å². The normalized spacial score (nSPS) is 14.9. The molecule has 0 spiro atoms. The first-order chi connectivity index (χ1) is 7.69. The highest BCUT2D eigenvalue weighted by molar-refractivity contribution is 5.76. The SMILES string of the molecule is CC(C)Oc1cc(C=O)ccc1OC1CC1. The van der Waals surface area contributed by atoms with E-state index in [2.05, 4.69) is 0 Å². The van der Waals surface area contributed by atoms with Crippen LogP contribution in [0.25, 0.3) is 0 Å². The third kappa shape index (κ3) is 2.75. The zero-order chi connectivity index (χ0) is 11.5. The van der Waals surface area contributed by atoms with Crippen molar-refractivity contribution >= 4 is 6.29 Å². The van der Waals surface area contributed by atoms with Crippen molar-refractivity contribution in [2.75, 3.05) is 0 Å². The van der Waals surface area contributed by atoms with Gasteiger partial charge in [-0.15, -0.1) is 0 Å². The van der Waals surface area contributed by atoms with E-state index < -0.39 is 0 Å². The van der Waals surface area contributed by atoms with Gasteiger partial charge in [0.15, 0.2) is 11.5 Å². The minimum absolute atomic E-state index is 0.0726. The zero-order valence-corrected chi connectivity index (χ0v) is 9.60. The number of benzene rings is 1. The van der Waals surface area contributed by atoms with Crippen LogP contribution < -0.4 is 9.47 Å². The molecular weight excluding hydrogens is 204 g/mol. The van der Waals surface area contributed by atoms with Crippen molar-refractivity contribution in [3.05, 3.63) is 23.8 Å². The van der Waals surface area contributed by atoms with Gasteiger partial charge >= 0.3 is 0 Å². The molecule has 1 aliphatic rings. The number of rotatable bonds is 5. The molecule has 3 heteroatoms.